The number of nitrogens with zero attached hydrogens (tertiary/aromatic N) is 5. The summed E-state index contributed by atoms with van der Waals surface area (Å²) in [5.41, 5.74) is 3.00. The second kappa shape index (κ2) is 11.4. The highest BCUT2D eigenvalue weighted by Gasteiger charge is 2.34. The second-order valence-electron chi connectivity index (χ2n) is 8.35. The molecule has 4 rings (SSSR count). The SMILES string of the molecule is O=C(CC[C@H]1CN(c2cc(F)c(N3CCNN(C(=O)NCc4cn[nH]n4)CC3)c(F)c2)C(=O)O1)C(F)F. The molecule has 0 bridgehead atoms. The molecule has 2 saturated heterocycles. The molecule has 3 heterocycles. The quantitative estimate of drug-likeness (QED) is 0.440. The van der Waals surface area contributed by atoms with Crippen molar-refractivity contribution < 1.29 is 36.7 Å². The molecule has 0 spiro atoms. The van der Waals surface area contributed by atoms with E-state index < -0.39 is 48.5 Å². The molecule has 2 aromatic rings. The Morgan fingerprint density at radius 2 is 1.95 bits per heavy atom. The minimum absolute atomic E-state index is 0.103. The van der Waals surface area contributed by atoms with Crippen molar-refractivity contribution >= 4 is 29.3 Å². The Kier molecular flexibility index (Phi) is 8.05. The summed E-state index contributed by atoms with van der Waals surface area (Å²) in [6, 6.07) is 1.51. The molecule has 1 aromatic carbocycles. The number of ketones is 1. The van der Waals surface area contributed by atoms with E-state index in [0.717, 1.165) is 17.0 Å². The first-order valence-electron chi connectivity index (χ1n) is 11.4. The highest BCUT2D eigenvalue weighted by atomic mass is 19.3. The van der Waals surface area contributed by atoms with Gasteiger partial charge in [0.25, 0.3) is 6.43 Å². The van der Waals surface area contributed by atoms with Gasteiger partial charge in [-0.15, -0.1) is 0 Å². The average molecular weight is 528 g/mol. The van der Waals surface area contributed by atoms with Crippen molar-refractivity contribution in [1.82, 2.24) is 31.2 Å². The lowest BCUT2D eigenvalue weighted by molar-refractivity contribution is -0.129. The number of aromatic nitrogens is 3. The molecule has 2 aliphatic rings. The van der Waals surface area contributed by atoms with Gasteiger partial charge >= 0.3 is 12.1 Å². The van der Waals surface area contributed by atoms with Crippen molar-refractivity contribution in [3.8, 4) is 0 Å². The third kappa shape index (κ3) is 6.25. The number of hydrogen-bond donors (Lipinski definition) is 3. The molecule has 12 nitrogen and oxygen atoms in total. The van der Waals surface area contributed by atoms with Crippen LogP contribution in [0.5, 0.6) is 0 Å². The van der Waals surface area contributed by atoms with E-state index >= 15 is 8.78 Å². The fourth-order valence-electron chi connectivity index (χ4n) is 4.01. The molecular weight excluding hydrogens is 504 g/mol. The maximum atomic E-state index is 15.1. The number of H-pyrrole nitrogens is 1. The summed E-state index contributed by atoms with van der Waals surface area (Å²) in [6.07, 6.45) is -4.02. The molecule has 16 heteroatoms. The summed E-state index contributed by atoms with van der Waals surface area (Å²) in [4.78, 5) is 38.2. The number of benzene rings is 1. The number of anilines is 2. The van der Waals surface area contributed by atoms with Crippen LogP contribution in [0.4, 0.5) is 38.5 Å². The largest absolute Gasteiger partial charge is 0.444 e. The van der Waals surface area contributed by atoms with Gasteiger partial charge in [-0.05, 0) is 6.42 Å². The lowest BCUT2D eigenvalue weighted by Crippen LogP contribution is -2.48. The summed E-state index contributed by atoms with van der Waals surface area (Å²) >= 11 is 0. The van der Waals surface area contributed by atoms with Crippen LogP contribution < -0.4 is 20.5 Å². The number of hydrogen-bond acceptors (Lipinski definition) is 8. The number of hydrazine groups is 1. The highest BCUT2D eigenvalue weighted by Crippen LogP contribution is 2.31. The molecule has 3 amide bonds. The number of aromatic amines is 1. The van der Waals surface area contributed by atoms with Crippen LogP contribution in [0, 0.1) is 11.6 Å². The molecule has 2 fully saturated rings. The third-order valence-electron chi connectivity index (χ3n) is 5.87. The maximum Gasteiger partial charge on any atom is 0.414 e. The third-order valence-corrected chi connectivity index (χ3v) is 5.87. The first-order valence-corrected chi connectivity index (χ1v) is 11.4. The lowest BCUT2D eigenvalue weighted by Gasteiger charge is -2.25. The van der Waals surface area contributed by atoms with Gasteiger partial charge in [0.1, 0.15) is 17.5 Å². The number of Topliss-reactive ketones (excluding diaryl/α,β-unsaturated/α-hetero) is 1. The minimum atomic E-state index is -3.11. The lowest BCUT2D eigenvalue weighted by atomic mass is 10.1. The van der Waals surface area contributed by atoms with Gasteiger partial charge in [-0.1, -0.05) is 0 Å². The number of nitrogens with one attached hydrogen (secondary N) is 3. The molecule has 0 unspecified atom stereocenters. The van der Waals surface area contributed by atoms with Gasteiger partial charge in [-0.2, -0.15) is 15.4 Å². The van der Waals surface area contributed by atoms with Crippen molar-refractivity contribution in [1.29, 1.82) is 0 Å². The molecule has 0 saturated carbocycles. The number of carbonyl (C=O) groups is 3. The van der Waals surface area contributed by atoms with Crippen LogP contribution in [0.3, 0.4) is 0 Å². The zero-order valence-electron chi connectivity index (χ0n) is 19.4. The van der Waals surface area contributed by atoms with Gasteiger partial charge in [0, 0.05) is 38.2 Å². The van der Waals surface area contributed by atoms with Crippen molar-refractivity contribution in [2.75, 3.05) is 42.5 Å². The van der Waals surface area contributed by atoms with E-state index in [0.29, 0.717) is 5.69 Å². The number of carbonyl (C=O) groups excluding carboxylic acids is 3. The number of urea groups is 1. The molecule has 0 aliphatic carbocycles. The zero-order chi connectivity index (χ0) is 26.5. The Labute approximate surface area is 207 Å². The first-order chi connectivity index (χ1) is 17.7. The van der Waals surface area contributed by atoms with Crippen molar-refractivity contribution in [3.05, 3.63) is 35.7 Å². The molecule has 3 N–H and O–H groups in total. The van der Waals surface area contributed by atoms with Crippen molar-refractivity contribution in [3.63, 3.8) is 0 Å². The predicted octanol–water partition coefficient (Wildman–Crippen LogP) is 1.56. The van der Waals surface area contributed by atoms with E-state index in [9.17, 15) is 23.2 Å². The van der Waals surface area contributed by atoms with E-state index in [4.69, 9.17) is 4.74 Å². The molecule has 1 aromatic heterocycles. The molecule has 37 heavy (non-hydrogen) atoms. The summed E-state index contributed by atoms with van der Waals surface area (Å²) in [7, 11) is 0. The number of ether oxygens (including phenoxy) is 1. The second-order valence-corrected chi connectivity index (χ2v) is 8.35. The maximum absolute atomic E-state index is 15.1. The average Bonchev–Trinajstić information content (AvgIpc) is 3.44. The van der Waals surface area contributed by atoms with Crippen molar-refractivity contribution in [2.24, 2.45) is 0 Å². The Morgan fingerprint density at radius 3 is 2.62 bits per heavy atom. The van der Waals surface area contributed by atoms with E-state index in [1.165, 1.54) is 16.1 Å². The Morgan fingerprint density at radius 1 is 1.19 bits per heavy atom. The molecular formula is C21H24F4N8O4. The van der Waals surface area contributed by atoms with Gasteiger partial charge < -0.3 is 15.0 Å². The Hall–Kier alpha value is -3.95. The van der Waals surface area contributed by atoms with Gasteiger partial charge in [-0.25, -0.2) is 32.6 Å². The van der Waals surface area contributed by atoms with Crippen molar-refractivity contribution in [2.45, 2.75) is 31.9 Å². The Bertz CT molecular complexity index is 1110. The number of alkyl halides is 2. The van der Waals surface area contributed by atoms with E-state index in [-0.39, 0.29) is 57.1 Å². The summed E-state index contributed by atoms with van der Waals surface area (Å²) in [6.45, 7) is 0.637. The van der Waals surface area contributed by atoms with E-state index in [2.05, 4.69) is 26.2 Å². The van der Waals surface area contributed by atoms with Crippen LogP contribution in [0.15, 0.2) is 18.3 Å². The zero-order valence-corrected chi connectivity index (χ0v) is 19.4. The number of amides is 3. The molecule has 200 valence electrons. The van der Waals surface area contributed by atoms with Gasteiger partial charge in [0.05, 0.1) is 31.5 Å². The summed E-state index contributed by atoms with van der Waals surface area (Å²) < 4.78 is 60.0. The topological polar surface area (TPSA) is 136 Å². The molecule has 0 radical (unpaired) electrons. The van der Waals surface area contributed by atoms with E-state index in [1.54, 1.807) is 0 Å². The van der Waals surface area contributed by atoms with Crippen LogP contribution in [-0.4, -0.2) is 83.6 Å². The highest BCUT2D eigenvalue weighted by molar-refractivity contribution is 5.90. The predicted molar refractivity (Wildman–Crippen MR) is 120 cm³/mol. The standard InChI is InChI=1S/C21H24F4N8O4/c22-15-7-13(32-11-14(37-21(32)36)1-2-17(34)19(24)25)8-16(23)18(15)31-4-3-28-33(6-5-31)20(35)26-9-12-10-27-30-29-12/h7-8,10,14,19,28H,1-6,9,11H2,(H,26,35)(H,27,29,30)/t14-/m0/s1. The number of cyclic esters (lactones) is 1. The summed E-state index contributed by atoms with van der Waals surface area (Å²) in [5, 5.41) is 13.9. The fourth-order valence-corrected chi connectivity index (χ4v) is 4.01. The van der Waals surface area contributed by atoms with Crippen LogP contribution in [0.1, 0.15) is 18.5 Å². The van der Waals surface area contributed by atoms with E-state index in [1.807, 2.05) is 0 Å². The molecule has 2 aliphatic heterocycles. The summed E-state index contributed by atoms with van der Waals surface area (Å²) in [5.74, 6) is -3.12. The fraction of sp³-hybridized carbons (Fsp3) is 0.476. The smallest absolute Gasteiger partial charge is 0.414 e. The number of halogens is 4. The van der Waals surface area contributed by atoms with Crippen LogP contribution in [0.2, 0.25) is 0 Å². The van der Waals surface area contributed by atoms with Gasteiger partial charge in [0.2, 0.25) is 0 Å². The minimum Gasteiger partial charge on any atom is -0.444 e. The normalized spacial score (nSPS) is 18.2. The van der Waals surface area contributed by atoms with Crippen LogP contribution >= 0.6 is 0 Å². The van der Waals surface area contributed by atoms with Gasteiger partial charge in [-0.3, -0.25) is 14.7 Å². The van der Waals surface area contributed by atoms with Gasteiger partial charge in [0.15, 0.2) is 17.4 Å². The first kappa shape index (κ1) is 26.1. The Balaban J connectivity index is 1.37. The van der Waals surface area contributed by atoms with Crippen LogP contribution in [0.25, 0.3) is 0 Å². The number of rotatable bonds is 8. The van der Waals surface area contributed by atoms with Crippen LogP contribution in [-0.2, 0) is 16.1 Å². The molecule has 1 atom stereocenters. The monoisotopic (exact) mass is 528 g/mol.